The van der Waals surface area contributed by atoms with E-state index in [1.165, 1.54) is 0 Å². The summed E-state index contributed by atoms with van der Waals surface area (Å²) in [6.07, 6.45) is 1.78. The molecule has 3 N–H and O–H groups in total. The van der Waals surface area contributed by atoms with E-state index in [1.54, 1.807) is 11.0 Å². The lowest BCUT2D eigenvalue weighted by Crippen LogP contribution is -2.22. The van der Waals surface area contributed by atoms with Crippen molar-refractivity contribution in [2.75, 3.05) is 5.32 Å². The maximum Gasteiger partial charge on any atom is 0.193 e. The molecule has 0 amide bonds. The van der Waals surface area contributed by atoms with Crippen LogP contribution in [0.3, 0.4) is 0 Å². The summed E-state index contributed by atoms with van der Waals surface area (Å²) in [6, 6.07) is 7.55. The molecule has 22 heavy (non-hydrogen) atoms. The predicted molar refractivity (Wildman–Crippen MR) is 97.6 cm³/mol. The summed E-state index contributed by atoms with van der Waals surface area (Å²) in [6.45, 7) is 4.32. The Balaban J connectivity index is 0.00000242. The normalized spacial score (nSPS) is 11.2. The molecule has 0 saturated heterocycles. The Hall–Kier alpha value is -1.84. The average molecular weight is 416 g/mol. The SMILES string of the molecule is CC(C)Oc1ccc(NC(N)=NCc2ncn(C)n2)cc1.I. The van der Waals surface area contributed by atoms with Crippen molar-refractivity contribution in [2.24, 2.45) is 17.8 Å². The number of hydrogen-bond donors (Lipinski definition) is 2. The Morgan fingerprint density at radius 2 is 2.05 bits per heavy atom. The van der Waals surface area contributed by atoms with Crippen molar-refractivity contribution in [1.82, 2.24) is 14.8 Å². The van der Waals surface area contributed by atoms with Gasteiger partial charge in [-0.1, -0.05) is 0 Å². The quantitative estimate of drug-likeness (QED) is 0.443. The van der Waals surface area contributed by atoms with Gasteiger partial charge < -0.3 is 15.8 Å². The molecule has 0 bridgehead atoms. The van der Waals surface area contributed by atoms with Crippen molar-refractivity contribution in [3.8, 4) is 5.75 Å². The second-order valence-electron chi connectivity index (χ2n) is 4.85. The zero-order chi connectivity index (χ0) is 15.2. The molecule has 0 radical (unpaired) electrons. The van der Waals surface area contributed by atoms with Crippen molar-refractivity contribution < 1.29 is 4.74 Å². The number of ether oxygens (including phenoxy) is 1. The van der Waals surface area contributed by atoms with Gasteiger partial charge in [0.15, 0.2) is 11.8 Å². The fourth-order valence-corrected chi connectivity index (χ4v) is 1.69. The number of benzene rings is 1. The van der Waals surface area contributed by atoms with E-state index in [0.29, 0.717) is 18.3 Å². The first-order chi connectivity index (χ1) is 10.0. The number of guanidine groups is 1. The highest BCUT2D eigenvalue weighted by molar-refractivity contribution is 14.0. The lowest BCUT2D eigenvalue weighted by Gasteiger charge is -2.10. The first kappa shape index (κ1) is 18.2. The van der Waals surface area contributed by atoms with Gasteiger partial charge in [-0.3, -0.25) is 4.68 Å². The summed E-state index contributed by atoms with van der Waals surface area (Å²) in [4.78, 5) is 8.27. The molecule has 0 fully saturated rings. The topological polar surface area (TPSA) is 90.4 Å². The van der Waals surface area contributed by atoms with Crippen LogP contribution in [-0.4, -0.2) is 26.8 Å². The highest BCUT2D eigenvalue weighted by Gasteiger charge is 2.00. The molecular weight excluding hydrogens is 395 g/mol. The van der Waals surface area contributed by atoms with E-state index in [4.69, 9.17) is 10.5 Å². The summed E-state index contributed by atoms with van der Waals surface area (Å²) in [5.41, 5.74) is 6.67. The molecule has 1 aromatic heterocycles. The number of nitrogens with one attached hydrogen (secondary N) is 1. The molecule has 0 unspecified atom stereocenters. The lowest BCUT2D eigenvalue weighted by atomic mass is 10.3. The summed E-state index contributed by atoms with van der Waals surface area (Å²) in [5.74, 6) is 1.77. The van der Waals surface area contributed by atoms with Crippen molar-refractivity contribution in [3.63, 3.8) is 0 Å². The van der Waals surface area contributed by atoms with Crippen LogP contribution >= 0.6 is 24.0 Å². The van der Waals surface area contributed by atoms with Crippen LogP contribution in [0, 0.1) is 0 Å². The van der Waals surface area contributed by atoms with Crippen LogP contribution in [0.1, 0.15) is 19.7 Å². The number of aliphatic imine (C=N–C) groups is 1. The molecule has 1 aromatic carbocycles. The van der Waals surface area contributed by atoms with Crippen LogP contribution in [-0.2, 0) is 13.6 Å². The maximum atomic E-state index is 5.82. The van der Waals surface area contributed by atoms with Crippen molar-refractivity contribution in [1.29, 1.82) is 0 Å². The van der Waals surface area contributed by atoms with Crippen molar-refractivity contribution >= 4 is 35.6 Å². The van der Waals surface area contributed by atoms with E-state index in [2.05, 4.69) is 20.4 Å². The summed E-state index contributed by atoms with van der Waals surface area (Å²) < 4.78 is 7.20. The Kier molecular flexibility index (Phi) is 7.09. The van der Waals surface area contributed by atoms with Crippen LogP contribution in [0.2, 0.25) is 0 Å². The van der Waals surface area contributed by atoms with E-state index in [9.17, 15) is 0 Å². The van der Waals surface area contributed by atoms with Gasteiger partial charge in [-0.05, 0) is 38.1 Å². The number of nitrogens with zero attached hydrogens (tertiary/aromatic N) is 4. The fourth-order valence-electron chi connectivity index (χ4n) is 1.69. The average Bonchev–Trinajstić information content (AvgIpc) is 2.84. The standard InChI is InChI=1S/C14H20N6O.HI/c1-10(2)21-12-6-4-11(5-7-12)18-14(15)16-8-13-17-9-20(3)19-13;/h4-7,9-10H,8H2,1-3H3,(H3,15,16,18);1H. The van der Waals surface area contributed by atoms with Gasteiger partial charge in [0, 0.05) is 12.7 Å². The highest BCUT2D eigenvalue weighted by atomic mass is 127. The number of aryl methyl sites for hydroxylation is 1. The van der Waals surface area contributed by atoms with Crippen LogP contribution in [0.5, 0.6) is 5.75 Å². The Labute approximate surface area is 147 Å². The first-order valence-corrected chi connectivity index (χ1v) is 6.71. The molecule has 7 nitrogen and oxygen atoms in total. The van der Waals surface area contributed by atoms with Gasteiger partial charge >= 0.3 is 0 Å². The third kappa shape index (κ3) is 5.88. The number of hydrogen-bond acceptors (Lipinski definition) is 4. The van der Waals surface area contributed by atoms with E-state index in [0.717, 1.165) is 11.4 Å². The minimum Gasteiger partial charge on any atom is -0.491 e. The van der Waals surface area contributed by atoms with Crippen molar-refractivity contribution in [2.45, 2.75) is 26.5 Å². The molecule has 2 rings (SSSR count). The minimum atomic E-state index is 0. The van der Waals surface area contributed by atoms with Crippen LogP contribution in [0.4, 0.5) is 5.69 Å². The van der Waals surface area contributed by atoms with E-state index < -0.39 is 0 Å². The number of halogens is 1. The zero-order valence-electron chi connectivity index (χ0n) is 12.9. The van der Waals surface area contributed by atoms with Crippen molar-refractivity contribution in [3.05, 3.63) is 36.4 Å². The maximum absolute atomic E-state index is 5.82. The van der Waals surface area contributed by atoms with Gasteiger partial charge in [-0.25, -0.2) is 9.98 Å². The molecule has 1 heterocycles. The second kappa shape index (κ2) is 8.57. The third-order valence-corrected chi connectivity index (χ3v) is 2.54. The van der Waals surface area contributed by atoms with Gasteiger partial charge in [0.2, 0.25) is 0 Å². The van der Waals surface area contributed by atoms with E-state index in [-0.39, 0.29) is 30.1 Å². The Morgan fingerprint density at radius 3 is 2.59 bits per heavy atom. The van der Waals surface area contributed by atoms with Gasteiger partial charge in [0.1, 0.15) is 18.6 Å². The number of nitrogens with two attached hydrogens (primary N) is 1. The second-order valence-corrected chi connectivity index (χ2v) is 4.85. The first-order valence-electron chi connectivity index (χ1n) is 6.71. The molecule has 0 aliphatic rings. The highest BCUT2D eigenvalue weighted by Crippen LogP contribution is 2.16. The third-order valence-electron chi connectivity index (χ3n) is 2.54. The Morgan fingerprint density at radius 1 is 1.36 bits per heavy atom. The molecule has 0 saturated carbocycles. The van der Waals surface area contributed by atoms with Crippen LogP contribution in [0.15, 0.2) is 35.6 Å². The van der Waals surface area contributed by atoms with E-state index >= 15 is 0 Å². The summed E-state index contributed by atoms with van der Waals surface area (Å²) in [5, 5.41) is 7.14. The lowest BCUT2D eigenvalue weighted by molar-refractivity contribution is 0.242. The zero-order valence-corrected chi connectivity index (χ0v) is 15.2. The number of rotatable bonds is 5. The van der Waals surface area contributed by atoms with Gasteiger partial charge in [-0.15, -0.1) is 24.0 Å². The molecule has 120 valence electrons. The molecule has 0 aliphatic carbocycles. The van der Waals surface area contributed by atoms with Crippen LogP contribution in [0.25, 0.3) is 0 Å². The van der Waals surface area contributed by atoms with Crippen LogP contribution < -0.4 is 15.8 Å². The van der Waals surface area contributed by atoms with Gasteiger partial charge in [-0.2, -0.15) is 5.10 Å². The molecule has 0 aliphatic heterocycles. The molecular formula is C14H21IN6O. The minimum absolute atomic E-state index is 0. The summed E-state index contributed by atoms with van der Waals surface area (Å²) in [7, 11) is 1.81. The Bertz CT molecular complexity index is 608. The monoisotopic (exact) mass is 416 g/mol. The molecule has 2 aromatic rings. The van der Waals surface area contributed by atoms with Gasteiger partial charge in [0.25, 0.3) is 0 Å². The van der Waals surface area contributed by atoms with Gasteiger partial charge in [0.05, 0.1) is 6.10 Å². The largest absolute Gasteiger partial charge is 0.491 e. The number of aromatic nitrogens is 3. The summed E-state index contributed by atoms with van der Waals surface area (Å²) >= 11 is 0. The predicted octanol–water partition coefficient (Wildman–Crippen LogP) is 2.15. The number of anilines is 1. The fraction of sp³-hybridized carbons (Fsp3) is 0.357. The molecule has 8 heteroatoms. The smallest absolute Gasteiger partial charge is 0.193 e. The molecule has 0 atom stereocenters. The van der Waals surface area contributed by atoms with E-state index in [1.807, 2.05) is 45.2 Å². The molecule has 0 spiro atoms.